The van der Waals surface area contributed by atoms with E-state index in [1.807, 2.05) is 0 Å². The number of alkyl halides is 2. The number of hydrogen-bond donors (Lipinski definition) is 0. The van der Waals surface area contributed by atoms with Gasteiger partial charge < -0.3 is 9.15 Å². The number of esters is 1. The maximum Gasteiger partial charge on any atom is 0.372 e. The van der Waals surface area contributed by atoms with Gasteiger partial charge in [0, 0.05) is 33.6 Å². The molecular weight excluding hydrogens is 435 g/mol. The van der Waals surface area contributed by atoms with E-state index in [4.69, 9.17) is 9.15 Å². The third-order valence-corrected chi connectivity index (χ3v) is 5.80. The van der Waals surface area contributed by atoms with Gasteiger partial charge in [0.25, 0.3) is 0 Å². The van der Waals surface area contributed by atoms with Gasteiger partial charge in [-0.05, 0) is 31.9 Å². The standard InChI is InChI=1S/C16H15Br2FO4/c1-7-12-5-10(4-11(18)6-17)14(22-9(3)20)8(2)15(12)23-16(21)13(7)19/h5,11H,4,6H2,1-3H3. The molecule has 4 nitrogen and oxygen atoms in total. The highest BCUT2D eigenvalue weighted by molar-refractivity contribution is 9.12. The van der Waals surface area contributed by atoms with E-state index >= 15 is 0 Å². The maximum absolute atomic E-state index is 13.9. The molecule has 0 N–H and O–H groups in total. The molecular formula is C16H15Br2FO4. The van der Waals surface area contributed by atoms with E-state index < -0.39 is 17.4 Å². The zero-order valence-corrected chi connectivity index (χ0v) is 16.0. The second kappa shape index (κ2) is 7.13. The van der Waals surface area contributed by atoms with Gasteiger partial charge in [-0.2, -0.15) is 4.39 Å². The van der Waals surface area contributed by atoms with E-state index in [-0.39, 0.29) is 16.0 Å². The summed E-state index contributed by atoms with van der Waals surface area (Å²) in [7, 11) is 0. The van der Waals surface area contributed by atoms with E-state index in [9.17, 15) is 14.0 Å². The topological polar surface area (TPSA) is 56.5 Å². The maximum atomic E-state index is 13.9. The normalized spacial score (nSPS) is 12.4. The Morgan fingerprint density at radius 3 is 2.61 bits per heavy atom. The molecule has 0 spiro atoms. The predicted molar refractivity (Wildman–Crippen MR) is 93.4 cm³/mol. The number of fused-ring (bicyclic) bond motifs is 1. The van der Waals surface area contributed by atoms with Crippen molar-refractivity contribution < 1.29 is 18.3 Å². The van der Waals surface area contributed by atoms with Gasteiger partial charge in [0.1, 0.15) is 11.3 Å². The third-order valence-electron chi connectivity index (χ3n) is 3.50. The Bertz CT molecular complexity index is 829. The summed E-state index contributed by atoms with van der Waals surface area (Å²) in [5, 5.41) is 1.20. The first-order valence-electron chi connectivity index (χ1n) is 6.90. The Morgan fingerprint density at radius 2 is 2.04 bits per heavy atom. The van der Waals surface area contributed by atoms with Gasteiger partial charge in [-0.25, -0.2) is 4.79 Å². The third kappa shape index (κ3) is 3.66. The van der Waals surface area contributed by atoms with Crippen molar-refractivity contribution in [3.05, 3.63) is 39.0 Å². The second-order valence-electron chi connectivity index (χ2n) is 5.24. The van der Waals surface area contributed by atoms with Crippen molar-refractivity contribution in [2.75, 3.05) is 5.33 Å². The molecule has 0 amide bonds. The lowest BCUT2D eigenvalue weighted by molar-refractivity contribution is -0.131. The quantitative estimate of drug-likeness (QED) is 0.304. The molecule has 1 aromatic heterocycles. The zero-order valence-electron chi connectivity index (χ0n) is 12.8. The summed E-state index contributed by atoms with van der Waals surface area (Å²) in [6.45, 7) is 4.51. The SMILES string of the molecule is CC(=O)Oc1c(CC(Br)CBr)cc2c(C)c(F)c(=O)oc2c1C. The fourth-order valence-electron chi connectivity index (χ4n) is 2.40. The lowest BCUT2D eigenvalue weighted by atomic mass is 9.99. The van der Waals surface area contributed by atoms with Gasteiger partial charge in [0.15, 0.2) is 0 Å². The fraction of sp³-hybridized carbons (Fsp3) is 0.375. The molecule has 0 aliphatic rings. The number of aryl methyl sites for hydroxylation is 2. The Hall–Kier alpha value is -1.21. The van der Waals surface area contributed by atoms with Crippen molar-refractivity contribution >= 4 is 48.8 Å². The first-order chi connectivity index (χ1) is 10.8. The molecule has 0 bridgehead atoms. The van der Waals surface area contributed by atoms with Crippen LogP contribution in [0, 0.1) is 19.7 Å². The Balaban J connectivity index is 2.80. The number of hydrogen-bond acceptors (Lipinski definition) is 4. The summed E-state index contributed by atoms with van der Waals surface area (Å²) in [4.78, 5) is 23.1. The molecule has 1 atom stereocenters. The second-order valence-corrected chi connectivity index (χ2v) is 7.19. The van der Waals surface area contributed by atoms with Gasteiger partial charge in [0.05, 0.1) is 0 Å². The molecule has 0 fully saturated rings. The van der Waals surface area contributed by atoms with Gasteiger partial charge >= 0.3 is 11.6 Å². The molecule has 1 heterocycles. The minimum absolute atomic E-state index is 0.106. The van der Waals surface area contributed by atoms with Crippen molar-refractivity contribution in [1.29, 1.82) is 0 Å². The van der Waals surface area contributed by atoms with E-state index in [2.05, 4.69) is 31.9 Å². The largest absolute Gasteiger partial charge is 0.426 e. The van der Waals surface area contributed by atoms with Gasteiger partial charge in [-0.3, -0.25) is 4.79 Å². The van der Waals surface area contributed by atoms with Crippen LogP contribution in [0.15, 0.2) is 15.3 Å². The summed E-state index contributed by atoms with van der Waals surface area (Å²) in [6, 6.07) is 1.71. The number of ether oxygens (including phenoxy) is 1. The van der Waals surface area contributed by atoms with Crippen molar-refractivity contribution in [2.24, 2.45) is 0 Å². The first kappa shape index (κ1) is 18.1. The molecule has 7 heteroatoms. The number of carbonyl (C=O) groups is 1. The lowest BCUT2D eigenvalue weighted by Gasteiger charge is -2.16. The summed E-state index contributed by atoms with van der Waals surface area (Å²) < 4.78 is 24.2. The summed E-state index contributed by atoms with van der Waals surface area (Å²) in [5.41, 5.74) is 0.669. The number of halogens is 3. The number of rotatable bonds is 4. The summed E-state index contributed by atoms with van der Waals surface area (Å²) in [5.74, 6) is -1.02. The monoisotopic (exact) mass is 448 g/mol. The molecule has 1 unspecified atom stereocenters. The molecule has 0 saturated heterocycles. The van der Waals surface area contributed by atoms with Crippen molar-refractivity contribution in [3.8, 4) is 5.75 Å². The van der Waals surface area contributed by atoms with Crippen LogP contribution in [0.1, 0.15) is 23.6 Å². The van der Waals surface area contributed by atoms with Crippen LogP contribution in [0.4, 0.5) is 4.39 Å². The predicted octanol–water partition coefficient (Wildman–Crippen LogP) is 4.18. The van der Waals surface area contributed by atoms with E-state index in [1.54, 1.807) is 13.0 Å². The number of benzene rings is 1. The zero-order chi connectivity index (χ0) is 17.3. The highest BCUT2D eigenvalue weighted by Crippen LogP contribution is 2.34. The molecule has 23 heavy (non-hydrogen) atoms. The molecule has 124 valence electrons. The minimum Gasteiger partial charge on any atom is -0.426 e. The molecule has 0 aliphatic heterocycles. The van der Waals surface area contributed by atoms with Crippen LogP contribution in [-0.4, -0.2) is 16.1 Å². The van der Waals surface area contributed by atoms with E-state index in [0.29, 0.717) is 28.5 Å². The number of carbonyl (C=O) groups excluding carboxylic acids is 1. The van der Waals surface area contributed by atoms with Crippen molar-refractivity contribution in [1.82, 2.24) is 0 Å². The molecule has 2 aromatic rings. The highest BCUT2D eigenvalue weighted by atomic mass is 79.9. The smallest absolute Gasteiger partial charge is 0.372 e. The molecule has 0 saturated carbocycles. The van der Waals surface area contributed by atoms with Gasteiger partial charge in [0.2, 0.25) is 5.82 Å². The van der Waals surface area contributed by atoms with Crippen LogP contribution in [0.3, 0.4) is 0 Å². The average molecular weight is 450 g/mol. The van der Waals surface area contributed by atoms with Crippen LogP contribution >= 0.6 is 31.9 Å². The van der Waals surface area contributed by atoms with Crippen molar-refractivity contribution in [3.63, 3.8) is 0 Å². The van der Waals surface area contributed by atoms with Crippen LogP contribution in [0.25, 0.3) is 11.0 Å². The summed E-state index contributed by atoms with van der Waals surface area (Å²) in [6.07, 6.45) is 0.560. The van der Waals surface area contributed by atoms with Crippen molar-refractivity contribution in [2.45, 2.75) is 32.0 Å². The molecule has 2 rings (SSSR count). The van der Waals surface area contributed by atoms with E-state index in [1.165, 1.54) is 13.8 Å². The van der Waals surface area contributed by atoms with Crippen LogP contribution in [0.5, 0.6) is 5.75 Å². The van der Waals surface area contributed by atoms with Crippen LogP contribution in [0.2, 0.25) is 0 Å². The fourth-order valence-corrected chi connectivity index (χ4v) is 2.98. The average Bonchev–Trinajstić information content (AvgIpc) is 2.49. The Morgan fingerprint density at radius 1 is 1.39 bits per heavy atom. The van der Waals surface area contributed by atoms with Gasteiger partial charge in [-0.1, -0.05) is 31.9 Å². The Kier molecular flexibility index (Phi) is 5.62. The highest BCUT2D eigenvalue weighted by Gasteiger charge is 2.21. The minimum atomic E-state index is -1.03. The van der Waals surface area contributed by atoms with Gasteiger partial charge in [-0.15, -0.1) is 0 Å². The molecule has 1 aromatic carbocycles. The van der Waals surface area contributed by atoms with E-state index in [0.717, 1.165) is 5.56 Å². The molecule has 0 radical (unpaired) electrons. The lowest BCUT2D eigenvalue weighted by Crippen LogP contribution is -2.12. The first-order valence-corrected chi connectivity index (χ1v) is 8.93. The van der Waals surface area contributed by atoms with Crippen LogP contribution in [-0.2, 0) is 11.2 Å². The van der Waals surface area contributed by atoms with Crippen LogP contribution < -0.4 is 10.4 Å². The Labute approximate surface area is 149 Å². The summed E-state index contributed by atoms with van der Waals surface area (Å²) >= 11 is 6.89. The molecule has 0 aliphatic carbocycles.